The average Bonchev–Trinajstić information content (AvgIpc) is 3.27. The third-order valence-electron chi connectivity index (χ3n) is 6.57. The van der Waals surface area contributed by atoms with Crippen LogP contribution in [-0.4, -0.2) is 47.5 Å². The summed E-state index contributed by atoms with van der Waals surface area (Å²) in [5, 5.41) is 15.5. The molecule has 2 aliphatic carbocycles. The molecule has 28 heavy (non-hydrogen) atoms. The third kappa shape index (κ3) is 3.45. The van der Waals surface area contributed by atoms with Gasteiger partial charge in [-0.25, -0.2) is 4.79 Å². The van der Waals surface area contributed by atoms with Gasteiger partial charge in [-0.15, -0.1) is 0 Å². The predicted molar refractivity (Wildman–Crippen MR) is 104 cm³/mol. The number of nitrogens with zero attached hydrogens (tertiary/aromatic N) is 1. The quantitative estimate of drug-likeness (QED) is 0.726. The summed E-state index contributed by atoms with van der Waals surface area (Å²) >= 11 is 0. The van der Waals surface area contributed by atoms with Crippen LogP contribution in [0.5, 0.6) is 0 Å². The minimum atomic E-state index is -0.796. The molecule has 3 aliphatic rings. The maximum Gasteiger partial charge on any atom is 0.321 e. The van der Waals surface area contributed by atoms with Gasteiger partial charge < -0.3 is 20.6 Å². The van der Waals surface area contributed by atoms with Crippen molar-refractivity contribution in [3.63, 3.8) is 0 Å². The van der Waals surface area contributed by atoms with Gasteiger partial charge in [0, 0.05) is 30.9 Å². The van der Waals surface area contributed by atoms with E-state index < -0.39 is 11.4 Å². The molecule has 3 fully saturated rings. The number of aliphatic carboxylic acids is 1. The number of fused-ring (bicyclic) bond motifs is 1. The largest absolute Gasteiger partial charge is 0.481 e. The topological polar surface area (TPSA) is 98.7 Å². The molecule has 7 heteroatoms. The number of carboxylic acids is 1. The Labute approximate surface area is 164 Å². The van der Waals surface area contributed by atoms with Crippen molar-refractivity contribution in [2.45, 2.75) is 39.0 Å². The SMILES string of the molecule is Cc1ccc(C(=O)NCC2CC2)cc1NC(=O)N1C[C@@H]2CCC[C@@]2(C(=O)O)C1. The van der Waals surface area contributed by atoms with Gasteiger partial charge in [-0.1, -0.05) is 12.5 Å². The highest BCUT2D eigenvalue weighted by molar-refractivity contribution is 5.97. The number of nitrogens with one attached hydrogen (secondary N) is 2. The highest BCUT2D eigenvalue weighted by Crippen LogP contribution is 2.49. The van der Waals surface area contributed by atoms with Gasteiger partial charge in [-0.2, -0.15) is 0 Å². The zero-order chi connectivity index (χ0) is 19.9. The van der Waals surface area contributed by atoms with Crippen LogP contribution in [0.4, 0.5) is 10.5 Å². The average molecular weight is 385 g/mol. The molecule has 3 amide bonds. The molecule has 2 saturated carbocycles. The first-order chi connectivity index (χ1) is 13.4. The highest BCUT2D eigenvalue weighted by Gasteiger charge is 2.55. The lowest BCUT2D eigenvalue weighted by Gasteiger charge is -2.23. The normalized spacial score (nSPS) is 26.0. The van der Waals surface area contributed by atoms with E-state index in [9.17, 15) is 19.5 Å². The fourth-order valence-electron chi connectivity index (χ4n) is 4.55. The van der Waals surface area contributed by atoms with Crippen LogP contribution in [0.15, 0.2) is 18.2 Å². The van der Waals surface area contributed by atoms with Crippen LogP contribution in [0.1, 0.15) is 48.0 Å². The number of hydrogen-bond donors (Lipinski definition) is 3. The minimum absolute atomic E-state index is 0.0244. The fraction of sp³-hybridized carbons (Fsp3) is 0.571. The molecule has 1 aromatic rings. The van der Waals surface area contributed by atoms with Crippen LogP contribution in [0.2, 0.25) is 0 Å². The van der Waals surface area contributed by atoms with E-state index in [-0.39, 0.29) is 24.4 Å². The summed E-state index contributed by atoms with van der Waals surface area (Å²) in [6.45, 7) is 3.29. The maximum atomic E-state index is 12.8. The fourth-order valence-corrected chi connectivity index (χ4v) is 4.55. The second-order valence-electron chi connectivity index (χ2n) is 8.54. The van der Waals surface area contributed by atoms with Gasteiger partial charge in [0.05, 0.1) is 5.41 Å². The minimum Gasteiger partial charge on any atom is -0.481 e. The van der Waals surface area contributed by atoms with Crippen molar-refractivity contribution in [2.75, 3.05) is 25.0 Å². The predicted octanol–water partition coefficient (Wildman–Crippen LogP) is 2.85. The van der Waals surface area contributed by atoms with Gasteiger partial charge in [-0.3, -0.25) is 9.59 Å². The number of rotatable bonds is 5. The first kappa shape index (κ1) is 18.8. The number of likely N-dealkylation sites (tertiary alicyclic amines) is 1. The molecular weight excluding hydrogens is 358 g/mol. The zero-order valence-corrected chi connectivity index (χ0v) is 16.2. The van der Waals surface area contributed by atoms with Crippen molar-refractivity contribution in [1.29, 1.82) is 0 Å². The maximum absolute atomic E-state index is 12.8. The van der Waals surface area contributed by atoms with Crippen LogP contribution < -0.4 is 10.6 Å². The Hall–Kier alpha value is -2.57. The number of hydrogen-bond acceptors (Lipinski definition) is 3. The molecule has 2 atom stereocenters. The molecule has 1 aromatic carbocycles. The molecule has 0 radical (unpaired) electrons. The Kier molecular flexibility index (Phi) is 4.77. The van der Waals surface area contributed by atoms with E-state index in [2.05, 4.69) is 10.6 Å². The molecule has 0 unspecified atom stereocenters. The second-order valence-corrected chi connectivity index (χ2v) is 8.54. The van der Waals surface area contributed by atoms with Gasteiger partial charge in [0.1, 0.15) is 0 Å². The van der Waals surface area contributed by atoms with Crippen molar-refractivity contribution in [3.8, 4) is 0 Å². The monoisotopic (exact) mass is 385 g/mol. The van der Waals surface area contributed by atoms with Crippen molar-refractivity contribution in [2.24, 2.45) is 17.3 Å². The van der Waals surface area contributed by atoms with E-state index >= 15 is 0 Å². The number of carbonyl (C=O) groups excluding carboxylic acids is 2. The number of amides is 3. The number of anilines is 1. The summed E-state index contributed by atoms with van der Waals surface area (Å²) in [4.78, 5) is 38.5. The lowest BCUT2D eigenvalue weighted by molar-refractivity contribution is -0.149. The van der Waals surface area contributed by atoms with Gasteiger partial charge >= 0.3 is 12.0 Å². The molecule has 1 saturated heterocycles. The van der Waals surface area contributed by atoms with Crippen LogP contribution in [0.3, 0.4) is 0 Å². The van der Waals surface area contributed by atoms with Crippen molar-refractivity contribution in [3.05, 3.63) is 29.3 Å². The number of carbonyl (C=O) groups is 3. The van der Waals surface area contributed by atoms with Crippen molar-refractivity contribution < 1.29 is 19.5 Å². The van der Waals surface area contributed by atoms with Crippen LogP contribution in [0.25, 0.3) is 0 Å². The zero-order valence-electron chi connectivity index (χ0n) is 16.2. The Morgan fingerprint density at radius 2 is 2.04 bits per heavy atom. The molecule has 150 valence electrons. The summed E-state index contributed by atoms with van der Waals surface area (Å²) < 4.78 is 0. The van der Waals surface area contributed by atoms with Gasteiger partial charge in [0.2, 0.25) is 0 Å². The summed E-state index contributed by atoms with van der Waals surface area (Å²) in [5.74, 6) is -0.306. The molecule has 0 bridgehead atoms. The van der Waals surface area contributed by atoms with Gasteiger partial charge in [0.15, 0.2) is 0 Å². The standard InChI is InChI=1S/C21H27N3O4/c1-13-4-7-15(18(25)22-10-14-5-6-14)9-17(13)23-20(28)24-11-16-3-2-8-21(16,12-24)19(26)27/h4,7,9,14,16H,2-3,5-6,8,10-12H2,1H3,(H,22,25)(H,23,28)(H,26,27)/t16-,21+/m0/s1. The van der Waals surface area contributed by atoms with E-state index in [1.54, 1.807) is 17.0 Å². The first-order valence-electron chi connectivity index (χ1n) is 10.1. The Bertz CT molecular complexity index is 820. The molecule has 4 rings (SSSR count). The Morgan fingerprint density at radius 1 is 1.25 bits per heavy atom. The summed E-state index contributed by atoms with van der Waals surface area (Å²) in [6, 6.07) is 4.97. The van der Waals surface area contributed by atoms with E-state index in [0.29, 0.717) is 36.7 Å². The molecule has 1 aliphatic heterocycles. The van der Waals surface area contributed by atoms with Crippen LogP contribution in [-0.2, 0) is 4.79 Å². The van der Waals surface area contributed by atoms with E-state index in [4.69, 9.17) is 0 Å². The second kappa shape index (κ2) is 7.11. The molecule has 7 nitrogen and oxygen atoms in total. The number of urea groups is 1. The lowest BCUT2D eigenvalue weighted by Crippen LogP contribution is -2.38. The Morgan fingerprint density at radius 3 is 2.71 bits per heavy atom. The molecule has 0 aromatic heterocycles. The van der Waals surface area contributed by atoms with Gasteiger partial charge in [-0.05, 0) is 62.1 Å². The van der Waals surface area contributed by atoms with E-state index in [0.717, 1.165) is 18.4 Å². The molecule has 0 spiro atoms. The van der Waals surface area contributed by atoms with Crippen molar-refractivity contribution in [1.82, 2.24) is 10.2 Å². The van der Waals surface area contributed by atoms with Crippen LogP contribution >= 0.6 is 0 Å². The molecule has 1 heterocycles. The summed E-state index contributed by atoms with van der Waals surface area (Å²) in [5.41, 5.74) is 1.17. The molecular formula is C21H27N3O4. The lowest BCUT2D eigenvalue weighted by atomic mass is 9.81. The van der Waals surface area contributed by atoms with Crippen molar-refractivity contribution >= 4 is 23.6 Å². The smallest absolute Gasteiger partial charge is 0.321 e. The highest BCUT2D eigenvalue weighted by atomic mass is 16.4. The first-order valence-corrected chi connectivity index (χ1v) is 10.1. The summed E-state index contributed by atoms with van der Waals surface area (Å²) in [7, 11) is 0. The molecule has 3 N–H and O–H groups in total. The van der Waals surface area contributed by atoms with E-state index in [1.165, 1.54) is 12.8 Å². The van der Waals surface area contributed by atoms with Crippen LogP contribution in [0, 0.1) is 24.2 Å². The van der Waals surface area contributed by atoms with E-state index in [1.807, 2.05) is 13.0 Å². The summed E-state index contributed by atoms with van der Waals surface area (Å²) in [6.07, 6.45) is 4.73. The number of aryl methyl sites for hydroxylation is 1. The van der Waals surface area contributed by atoms with Gasteiger partial charge in [0.25, 0.3) is 5.91 Å². The number of carboxylic acid groups (broad SMARTS) is 1. The third-order valence-corrected chi connectivity index (χ3v) is 6.57. The number of benzene rings is 1. The Balaban J connectivity index is 1.43.